The van der Waals surface area contributed by atoms with Crippen molar-refractivity contribution in [2.45, 2.75) is 6.54 Å². The highest BCUT2D eigenvalue weighted by molar-refractivity contribution is 6.02. The number of aromatic hydroxyl groups is 1. The quantitative estimate of drug-likeness (QED) is 0.526. The Morgan fingerprint density at radius 2 is 1.79 bits per heavy atom. The Balaban J connectivity index is 1.58. The fraction of sp³-hybridized carbons (Fsp3) is 0.0870. The number of ether oxygens (including phenoxy) is 1. The average molecular weight is 374 g/mol. The van der Waals surface area contributed by atoms with Crippen LogP contribution in [0, 0.1) is 0 Å². The minimum Gasteiger partial charge on any atom is -0.504 e. The molecule has 0 radical (unpaired) electrons. The van der Waals surface area contributed by atoms with E-state index in [0.29, 0.717) is 23.5 Å². The van der Waals surface area contributed by atoms with Gasteiger partial charge in [-0.2, -0.15) is 0 Å². The number of carbonyl (C=O) groups excluding carboxylic acids is 1. The summed E-state index contributed by atoms with van der Waals surface area (Å²) >= 11 is 0. The minimum absolute atomic E-state index is 0.0299. The number of amides is 1. The molecule has 0 fully saturated rings. The first kappa shape index (κ1) is 19.0. The third kappa shape index (κ3) is 5.38. The third-order valence-corrected chi connectivity index (χ3v) is 4.10. The highest BCUT2D eigenvalue weighted by Crippen LogP contribution is 2.26. The molecule has 0 unspecified atom stereocenters. The molecule has 0 aliphatic carbocycles. The van der Waals surface area contributed by atoms with Gasteiger partial charge in [0.1, 0.15) is 0 Å². The van der Waals surface area contributed by atoms with Crippen LogP contribution in [0.4, 0.5) is 11.4 Å². The lowest BCUT2D eigenvalue weighted by molar-refractivity contribution is -0.111. The molecular weight excluding hydrogens is 352 g/mol. The van der Waals surface area contributed by atoms with Crippen molar-refractivity contribution in [2.75, 3.05) is 17.7 Å². The van der Waals surface area contributed by atoms with Gasteiger partial charge in [-0.15, -0.1) is 0 Å². The summed E-state index contributed by atoms with van der Waals surface area (Å²) in [5.74, 6) is 0.166. The predicted molar refractivity (Wildman–Crippen MR) is 113 cm³/mol. The SMILES string of the molecule is COc1ccc(/C=C/C(=O)Nc2cccc(NCc3ccccc3)c2)cc1O. The van der Waals surface area contributed by atoms with Crippen molar-refractivity contribution in [3.63, 3.8) is 0 Å². The van der Waals surface area contributed by atoms with Crippen molar-refractivity contribution in [3.8, 4) is 11.5 Å². The van der Waals surface area contributed by atoms with Crippen LogP contribution >= 0.6 is 0 Å². The molecule has 142 valence electrons. The van der Waals surface area contributed by atoms with Gasteiger partial charge in [-0.3, -0.25) is 4.79 Å². The molecule has 0 atom stereocenters. The van der Waals surface area contributed by atoms with Gasteiger partial charge in [0.2, 0.25) is 5.91 Å². The number of hydrogen-bond acceptors (Lipinski definition) is 4. The molecule has 28 heavy (non-hydrogen) atoms. The van der Waals surface area contributed by atoms with Crippen LogP contribution in [0.15, 0.2) is 78.9 Å². The fourth-order valence-electron chi connectivity index (χ4n) is 2.67. The van der Waals surface area contributed by atoms with Crippen molar-refractivity contribution in [2.24, 2.45) is 0 Å². The molecule has 0 spiro atoms. The first-order valence-electron chi connectivity index (χ1n) is 8.88. The van der Waals surface area contributed by atoms with E-state index in [-0.39, 0.29) is 11.7 Å². The number of carbonyl (C=O) groups is 1. The Kier molecular flexibility index (Phi) is 6.31. The second kappa shape index (κ2) is 9.28. The number of nitrogens with one attached hydrogen (secondary N) is 2. The lowest BCUT2D eigenvalue weighted by Gasteiger charge is -2.09. The first-order chi connectivity index (χ1) is 13.6. The fourth-order valence-corrected chi connectivity index (χ4v) is 2.67. The van der Waals surface area contributed by atoms with E-state index in [1.807, 2.05) is 42.5 Å². The second-order valence-electron chi connectivity index (χ2n) is 6.17. The highest BCUT2D eigenvalue weighted by atomic mass is 16.5. The summed E-state index contributed by atoms with van der Waals surface area (Å²) in [4.78, 5) is 12.2. The van der Waals surface area contributed by atoms with Gasteiger partial charge in [-0.05, 0) is 47.5 Å². The lowest BCUT2D eigenvalue weighted by Crippen LogP contribution is -2.08. The van der Waals surface area contributed by atoms with Crippen LogP contribution in [0.3, 0.4) is 0 Å². The summed E-state index contributed by atoms with van der Waals surface area (Å²) in [5.41, 5.74) is 3.50. The summed E-state index contributed by atoms with van der Waals surface area (Å²) in [5, 5.41) is 16.0. The van der Waals surface area contributed by atoms with E-state index >= 15 is 0 Å². The second-order valence-corrected chi connectivity index (χ2v) is 6.17. The number of benzene rings is 3. The molecule has 0 heterocycles. The van der Waals surface area contributed by atoms with Gasteiger partial charge < -0.3 is 20.5 Å². The van der Waals surface area contributed by atoms with Crippen LogP contribution in [0.5, 0.6) is 11.5 Å². The molecule has 0 bridgehead atoms. The predicted octanol–water partition coefficient (Wildman–Crippen LogP) is 4.66. The molecule has 3 N–H and O–H groups in total. The van der Waals surface area contributed by atoms with Crippen molar-refractivity contribution in [1.82, 2.24) is 0 Å². The van der Waals surface area contributed by atoms with E-state index in [2.05, 4.69) is 22.8 Å². The van der Waals surface area contributed by atoms with Gasteiger partial charge in [-0.25, -0.2) is 0 Å². The maximum absolute atomic E-state index is 12.2. The van der Waals surface area contributed by atoms with Gasteiger partial charge in [0, 0.05) is 24.0 Å². The average Bonchev–Trinajstić information content (AvgIpc) is 2.72. The Hall–Kier alpha value is -3.73. The molecular formula is C23H22N2O3. The summed E-state index contributed by atoms with van der Waals surface area (Å²) in [6.45, 7) is 0.707. The number of phenols is 1. The number of anilines is 2. The smallest absolute Gasteiger partial charge is 0.248 e. The Bertz CT molecular complexity index is 969. The van der Waals surface area contributed by atoms with E-state index in [9.17, 15) is 9.90 Å². The molecule has 0 saturated heterocycles. The van der Waals surface area contributed by atoms with Crippen molar-refractivity contribution >= 4 is 23.4 Å². The Morgan fingerprint density at radius 3 is 2.54 bits per heavy atom. The van der Waals surface area contributed by atoms with Crippen LogP contribution in [0.2, 0.25) is 0 Å². The maximum Gasteiger partial charge on any atom is 0.248 e. The van der Waals surface area contributed by atoms with Crippen LogP contribution in [0.25, 0.3) is 6.08 Å². The monoisotopic (exact) mass is 374 g/mol. The van der Waals surface area contributed by atoms with Crippen LogP contribution in [0.1, 0.15) is 11.1 Å². The van der Waals surface area contributed by atoms with Crippen LogP contribution in [-0.4, -0.2) is 18.1 Å². The molecule has 3 aromatic rings. The Labute approximate surface area is 164 Å². The van der Waals surface area contributed by atoms with Gasteiger partial charge in [-0.1, -0.05) is 42.5 Å². The standard InChI is InChI=1S/C23H22N2O3/c1-28-22-12-10-17(14-21(22)26)11-13-23(27)25-20-9-5-8-19(15-20)24-16-18-6-3-2-4-7-18/h2-15,24,26H,16H2,1H3,(H,25,27)/b13-11+. The summed E-state index contributed by atoms with van der Waals surface area (Å²) in [7, 11) is 1.49. The van der Waals surface area contributed by atoms with E-state index in [1.165, 1.54) is 24.8 Å². The maximum atomic E-state index is 12.2. The molecule has 1 amide bonds. The van der Waals surface area contributed by atoms with E-state index in [1.54, 1.807) is 18.2 Å². The highest BCUT2D eigenvalue weighted by Gasteiger charge is 2.02. The zero-order chi connectivity index (χ0) is 19.8. The summed E-state index contributed by atoms with van der Waals surface area (Å²) in [6, 6.07) is 22.6. The molecule has 0 aromatic heterocycles. The molecule has 3 rings (SSSR count). The van der Waals surface area contributed by atoms with E-state index in [4.69, 9.17) is 4.74 Å². The number of methoxy groups -OCH3 is 1. The van der Waals surface area contributed by atoms with E-state index < -0.39 is 0 Å². The number of rotatable bonds is 7. The summed E-state index contributed by atoms with van der Waals surface area (Å²) in [6.07, 6.45) is 3.05. The molecule has 0 aliphatic rings. The van der Waals surface area contributed by atoms with Crippen LogP contribution in [-0.2, 0) is 11.3 Å². The Morgan fingerprint density at radius 1 is 1.00 bits per heavy atom. The minimum atomic E-state index is -0.254. The van der Waals surface area contributed by atoms with Crippen molar-refractivity contribution in [3.05, 3.63) is 90.0 Å². The lowest BCUT2D eigenvalue weighted by atomic mass is 10.2. The molecule has 5 heteroatoms. The molecule has 5 nitrogen and oxygen atoms in total. The summed E-state index contributed by atoms with van der Waals surface area (Å²) < 4.78 is 5.00. The largest absolute Gasteiger partial charge is 0.504 e. The van der Waals surface area contributed by atoms with Crippen molar-refractivity contribution in [1.29, 1.82) is 0 Å². The van der Waals surface area contributed by atoms with Crippen molar-refractivity contribution < 1.29 is 14.6 Å². The van der Waals surface area contributed by atoms with Gasteiger partial charge in [0.05, 0.1) is 7.11 Å². The zero-order valence-corrected chi connectivity index (χ0v) is 15.6. The van der Waals surface area contributed by atoms with Gasteiger partial charge in [0.15, 0.2) is 11.5 Å². The molecule has 0 saturated carbocycles. The van der Waals surface area contributed by atoms with Crippen LogP contribution < -0.4 is 15.4 Å². The number of phenolic OH excluding ortho intramolecular Hbond substituents is 1. The van der Waals surface area contributed by atoms with E-state index in [0.717, 1.165) is 5.69 Å². The molecule has 0 aliphatic heterocycles. The normalized spacial score (nSPS) is 10.6. The first-order valence-corrected chi connectivity index (χ1v) is 8.88. The zero-order valence-electron chi connectivity index (χ0n) is 15.6. The third-order valence-electron chi connectivity index (χ3n) is 4.10. The molecule has 3 aromatic carbocycles. The van der Waals surface area contributed by atoms with Gasteiger partial charge >= 0.3 is 0 Å². The van der Waals surface area contributed by atoms with Gasteiger partial charge in [0.25, 0.3) is 0 Å². The topological polar surface area (TPSA) is 70.6 Å². The number of hydrogen-bond donors (Lipinski definition) is 3.